The number of ether oxygens (including phenoxy) is 2. The van der Waals surface area contributed by atoms with Gasteiger partial charge in [-0.3, -0.25) is 9.00 Å². The van der Waals surface area contributed by atoms with Crippen LogP contribution in [-0.2, 0) is 25.1 Å². The maximum Gasteiger partial charge on any atom is 0.307 e. The second-order valence-corrected chi connectivity index (χ2v) is 7.07. The van der Waals surface area contributed by atoms with Crippen molar-refractivity contribution in [3.05, 3.63) is 0 Å². The fourth-order valence-electron chi connectivity index (χ4n) is 1.68. The summed E-state index contributed by atoms with van der Waals surface area (Å²) in [6.45, 7) is 6.87. The lowest BCUT2D eigenvalue weighted by atomic mass is 10.2. The van der Waals surface area contributed by atoms with Crippen LogP contribution in [-0.4, -0.2) is 40.0 Å². The maximum atomic E-state index is 11.9. The summed E-state index contributed by atoms with van der Waals surface area (Å²) in [6, 6.07) is 0. The van der Waals surface area contributed by atoms with E-state index in [1.807, 2.05) is 20.8 Å². The van der Waals surface area contributed by atoms with Crippen LogP contribution in [0.25, 0.3) is 0 Å². The molecule has 1 fully saturated rings. The van der Waals surface area contributed by atoms with E-state index in [0.29, 0.717) is 19.0 Å². The molecule has 0 bridgehead atoms. The SMILES string of the molecule is CC(C)(C)OC(=O)CCS(=O)C1CCOCC1. The smallest absolute Gasteiger partial charge is 0.307 e. The summed E-state index contributed by atoms with van der Waals surface area (Å²) in [5.41, 5.74) is -0.461. The van der Waals surface area contributed by atoms with Crippen LogP contribution >= 0.6 is 0 Å². The molecule has 100 valence electrons. The molecular formula is C12H22O4S. The van der Waals surface area contributed by atoms with Crippen LogP contribution in [0.3, 0.4) is 0 Å². The van der Waals surface area contributed by atoms with Crippen LogP contribution < -0.4 is 0 Å². The third-order valence-electron chi connectivity index (χ3n) is 2.47. The standard InChI is InChI=1S/C12H22O4S/c1-12(2,3)16-11(13)6-9-17(14)10-4-7-15-8-5-10/h10H,4-9H2,1-3H3. The highest BCUT2D eigenvalue weighted by atomic mass is 32.2. The van der Waals surface area contributed by atoms with Gasteiger partial charge in [-0.1, -0.05) is 0 Å². The number of hydrogen-bond donors (Lipinski definition) is 0. The molecule has 0 saturated carbocycles. The average Bonchev–Trinajstić information content (AvgIpc) is 2.25. The van der Waals surface area contributed by atoms with Gasteiger partial charge in [-0.25, -0.2) is 0 Å². The summed E-state index contributed by atoms with van der Waals surface area (Å²) in [4.78, 5) is 11.5. The molecule has 5 heteroatoms. The van der Waals surface area contributed by atoms with Crippen LogP contribution in [0.4, 0.5) is 0 Å². The third-order valence-corrected chi connectivity index (χ3v) is 4.29. The van der Waals surface area contributed by atoms with E-state index < -0.39 is 16.4 Å². The Morgan fingerprint density at radius 2 is 1.94 bits per heavy atom. The predicted octanol–water partition coefficient (Wildman–Crippen LogP) is 1.65. The van der Waals surface area contributed by atoms with Crippen molar-refractivity contribution in [2.45, 2.75) is 50.9 Å². The molecule has 0 radical (unpaired) electrons. The normalized spacial score (nSPS) is 19.9. The third kappa shape index (κ3) is 6.17. The minimum absolute atomic E-state index is 0.186. The summed E-state index contributed by atoms with van der Waals surface area (Å²) >= 11 is 0. The van der Waals surface area contributed by atoms with Crippen molar-refractivity contribution in [3.63, 3.8) is 0 Å². The first-order valence-corrected chi connectivity index (χ1v) is 7.43. The van der Waals surface area contributed by atoms with Crippen molar-refractivity contribution < 1.29 is 18.5 Å². The summed E-state index contributed by atoms with van der Waals surface area (Å²) in [6.07, 6.45) is 1.91. The van der Waals surface area contributed by atoms with Gasteiger partial charge < -0.3 is 9.47 Å². The first-order chi connectivity index (χ1) is 7.88. The molecule has 1 atom stereocenters. The average molecular weight is 262 g/mol. The zero-order valence-electron chi connectivity index (χ0n) is 10.9. The van der Waals surface area contributed by atoms with E-state index in [4.69, 9.17) is 9.47 Å². The Morgan fingerprint density at radius 3 is 2.47 bits per heavy atom. The molecule has 1 heterocycles. The van der Waals surface area contributed by atoms with Crippen LogP contribution in [0.5, 0.6) is 0 Å². The molecular weight excluding hydrogens is 240 g/mol. The van der Waals surface area contributed by atoms with Crippen molar-refractivity contribution in [2.75, 3.05) is 19.0 Å². The number of carbonyl (C=O) groups is 1. The minimum Gasteiger partial charge on any atom is -0.460 e. The van der Waals surface area contributed by atoms with Gasteiger partial charge in [0.25, 0.3) is 0 Å². The topological polar surface area (TPSA) is 52.6 Å². The van der Waals surface area contributed by atoms with E-state index >= 15 is 0 Å². The lowest BCUT2D eigenvalue weighted by Crippen LogP contribution is -2.28. The van der Waals surface area contributed by atoms with Crippen molar-refractivity contribution in [1.82, 2.24) is 0 Å². The molecule has 0 N–H and O–H groups in total. The Bertz CT molecular complexity index is 277. The summed E-state index contributed by atoms with van der Waals surface area (Å²) in [5, 5.41) is 0.186. The van der Waals surface area contributed by atoms with Crippen molar-refractivity contribution in [1.29, 1.82) is 0 Å². The Morgan fingerprint density at radius 1 is 1.35 bits per heavy atom. The first kappa shape index (κ1) is 14.6. The van der Waals surface area contributed by atoms with Gasteiger partial charge >= 0.3 is 5.97 Å². The van der Waals surface area contributed by atoms with E-state index in [1.54, 1.807) is 0 Å². The Hall–Kier alpha value is -0.420. The summed E-state index contributed by atoms with van der Waals surface area (Å²) < 4.78 is 22.3. The molecule has 4 nitrogen and oxygen atoms in total. The van der Waals surface area contributed by atoms with Gasteiger partial charge in [-0.2, -0.15) is 0 Å². The number of carbonyl (C=O) groups excluding carboxylic acids is 1. The predicted molar refractivity (Wildman–Crippen MR) is 67.3 cm³/mol. The van der Waals surface area contributed by atoms with E-state index in [0.717, 1.165) is 12.8 Å². The van der Waals surface area contributed by atoms with Crippen LogP contribution in [0, 0.1) is 0 Å². The highest BCUT2D eigenvalue weighted by Crippen LogP contribution is 2.15. The first-order valence-electron chi connectivity index (χ1n) is 6.05. The Balaban J connectivity index is 2.25. The van der Waals surface area contributed by atoms with Crippen LogP contribution in [0.15, 0.2) is 0 Å². The van der Waals surface area contributed by atoms with Crippen molar-refractivity contribution in [2.24, 2.45) is 0 Å². The van der Waals surface area contributed by atoms with Gasteiger partial charge in [0.2, 0.25) is 0 Å². The van der Waals surface area contributed by atoms with Gasteiger partial charge in [0, 0.05) is 35.0 Å². The molecule has 1 saturated heterocycles. The molecule has 0 aromatic heterocycles. The quantitative estimate of drug-likeness (QED) is 0.723. The fraction of sp³-hybridized carbons (Fsp3) is 0.917. The van der Waals surface area contributed by atoms with Crippen molar-refractivity contribution in [3.8, 4) is 0 Å². The molecule has 1 aliphatic heterocycles. The fourth-order valence-corrected chi connectivity index (χ4v) is 3.10. The maximum absolute atomic E-state index is 11.9. The van der Waals surface area contributed by atoms with E-state index in [1.165, 1.54) is 0 Å². The van der Waals surface area contributed by atoms with Crippen LogP contribution in [0.2, 0.25) is 0 Å². The molecule has 1 unspecified atom stereocenters. The molecule has 1 aliphatic rings. The number of hydrogen-bond acceptors (Lipinski definition) is 4. The van der Waals surface area contributed by atoms with E-state index in [9.17, 15) is 9.00 Å². The minimum atomic E-state index is -0.936. The highest BCUT2D eigenvalue weighted by molar-refractivity contribution is 7.85. The lowest BCUT2D eigenvalue weighted by molar-refractivity contribution is -0.154. The van der Waals surface area contributed by atoms with Gasteiger partial charge in [-0.05, 0) is 33.6 Å². The zero-order chi connectivity index (χ0) is 12.9. The molecule has 0 amide bonds. The second-order valence-electron chi connectivity index (χ2n) is 5.23. The summed E-state index contributed by atoms with van der Waals surface area (Å²) in [7, 11) is -0.936. The zero-order valence-corrected chi connectivity index (χ0v) is 11.7. The van der Waals surface area contributed by atoms with E-state index in [-0.39, 0.29) is 17.6 Å². The van der Waals surface area contributed by atoms with Gasteiger partial charge in [0.15, 0.2) is 0 Å². The highest BCUT2D eigenvalue weighted by Gasteiger charge is 2.22. The van der Waals surface area contributed by atoms with Crippen molar-refractivity contribution >= 4 is 16.8 Å². The molecule has 0 aliphatic carbocycles. The van der Waals surface area contributed by atoms with Gasteiger partial charge in [0.1, 0.15) is 5.60 Å². The monoisotopic (exact) mass is 262 g/mol. The molecule has 0 aromatic rings. The van der Waals surface area contributed by atoms with Gasteiger partial charge in [0.05, 0.1) is 6.42 Å². The number of rotatable bonds is 4. The molecule has 0 aromatic carbocycles. The van der Waals surface area contributed by atoms with Crippen LogP contribution in [0.1, 0.15) is 40.0 Å². The second kappa shape index (κ2) is 6.50. The molecule has 17 heavy (non-hydrogen) atoms. The Kier molecular flexibility index (Phi) is 5.59. The lowest BCUT2D eigenvalue weighted by Gasteiger charge is -2.22. The Labute approximate surface area is 106 Å². The largest absolute Gasteiger partial charge is 0.460 e. The summed E-state index contributed by atoms with van der Waals surface area (Å²) in [5.74, 6) is 0.137. The molecule has 0 spiro atoms. The molecule has 1 rings (SSSR count). The van der Waals surface area contributed by atoms with Gasteiger partial charge in [-0.15, -0.1) is 0 Å². The number of esters is 1. The van der Waals surface area contributed by atoms with E-state index in [2.05, 4.69) is 0 Å².